The first-order chi connectivity index (χ1) is 14.5. The molecule has 0 saturated heterocycles. The summed E-state index contributed by atoms with van der Waals surface area (Å²) in [5.41, 5.74) is 2.43. The van der Waals surface area contributed by atoms with Crippen LogP contribution in [0.2, 0.25) is 5.02 Å². The molecule has 154 valence electrons. The number of nitriles is 1. The van der Waals surface area contributed by atoms with Crippen LogP contribution >= 0.6 is 11.6 Å². The minimum absolute atomic E-state index is 0.322. The van der Waals surface area contributed by atoms with E-state index < -0.39 is 6.04 Å². The number of benzene rings is 1. The molecule has 1 unspecified atom stereocenters. The third-order valence-corrected chi connectivity index (χ3v) is 4.40. The van der Waals surface area contributed by atoms with Gasteiger partial charge in [0.1, 0.15) is 6.04 Å². The van der Waals surface area contributed by atoms with Gasteiger partial charge in [-0.05, 0) is 19.1 Å². The molecule has 0 aliphatic heterocycles. The van der Waals surface area contributed by atoms with E-state index in [1.165, 1.54) is 6.20 Å². The second-order valence-electron chi connectivity index (χ2n) is 6.40. The first kappa shape index (κ1) is 21.2. The van der Waals surface area contributed by atoms with Gasteiger partial charge in [0.2, 0.25) is 5.95 Å². The highest BCUT2D eigenvalue weighted by molar-refractivity contribution is 6.32. The lowest BCUT2D eigenvalue weighted by atomic mass is 10.1. The van der Waals surface area contributed by atoms with Crippen molar-refractivity contribution in [2.45, 2.75) is 19.5 Å². The van der Waals surface area contributed by atoms with Crippen LogP contribution in [0.25, 0.3) is 11.3 Å². The van der Waals surface area contributed by atoms with Gasteiger partial charge in [-0.25, -0.2) is 9.97 Å². The molecule has 1 atom stereocenters. The van der Waals surface area contributed by atoms with E-state index in [2.05, 4.69) is 25.7 Å². The molecule has 2 aromatic heterocycles. The van der Waals surface area contributed by atoms with E-state index in [0.29, 0.717) is 35.4 Å². The number of ether oxygens (including phenoxy) is 1. The summed E-state index contributed by atoms with van der Waals surface area (Å²) in [6.07, 6.45) is 5.01. The van der Waals surface area contributed by atoms with E-state index >= 15 is 0 Å². The van der Waals surface area contributed by atoms with Crippen molar-refractivity contribution < 1.29 is 9.53 Å². The summed E-state index contributed by atoms with van der Waals surface area (Å²) in [5, 5.41) is 19.1. The number of hydrogen-bond donors (Lipinski definition) is 2. The minimum Gasteiger partial charge on any atom is -0.383 e. The number of anilines is 2. The molecule has 1 aromatic carbocycles. The SMILES string of the molecule is COCCn1cc(Nc2ncc(Cl)c(-c3ccc(C(=O)NC(C)C#N)cc3)n2)cn1. The Bertz CT molecular complexity index is 1060. The van der Waals surface area contributed by atoms with Crippen molar-refractivity contribution in [3.05, 3.63) is 53.4 Å². The maximum Gasteiger partial charge on any atom is 0.252 e. The zero-order valence-corrected chi connectivity index (χ0v) is 17.2. The number of methoxy groups -OCH3 is 1. The molecule has 0 aliphatic rings. The maximum atomic E-state index is 12.1. The van der Waals surface area contributed by atoms with E-state index in [4.69, 9.17) is 21.6 Å². The van der Waals surface area contributed by atoms with Crippen molar-refractivity contribution in [1.29, 1.82) is 5.26 Å². The number of amides is 1. The highest BCUT2D eigenvalue weighted by Gasteiger charge is 2.12. The Morgan fingerprint density at radius 1 is 1.33 bits per heavy atom. The molecular weight excluding hydrogens is 406 g/mol. The molecule has 0 fully saturated rings. The number of nitrogens with one attached hydrogen (secondary N) is 2. The maximum absolute atomic E-state index is 12.1. The Balaban J connectivity index is 1.76. The van der Waals surface area contributed by atoms with Crippen LogP contribution in [0.4, 0.5) is 11.6 Å². The quantitative estimate of drug-likeness (QED) is 0.569. The number of hydrogen-bond acceptors (Lipinski definition) is 7. The molecule has 0 aliphatic carbocycles. The van der Waals surface area contributed by atoms with Gasteiger partial charge in [-0.3, -0.25) is 9.48 Å². The molecule has 10 heteroatoms. The summed E-state index contributed by atoms with van der Waals surface area (Å²) in [6.45, 7) is 2.81. The summed E-state index contributed by atoms with van der Waals surface area (Å²) in [4.78, 5) is 20.8. The summed E-state index contributed by atoms with van der Waals surface area (Å²) in [7, 11) is 1.64. The molecule has 2 heterocycles. The molecule has 0 bridgehead atoms. The van der Waals surface area contributed by atoms with Crippen molar-refractivity contribution >= 4 is 29.1 Å². The zero-order valence-electron chi connectivity index (χ0n) is 16.5. The lowest BCUT2D eigenvalue weighted by Gasteiger charge is -2.09. The van der Waals surface area contributed by atoms with E-state index in [0.717, 1.165) is 11.3 Å². The molecule has 0 radical (unpaired) electrons. The zero-order chi connectivity index (χ0) is 21.5. The van der Waals surface area contributed by atoms with Crippen molar-refractivity contribution in [3.63, 3.8) is 0 Å². The Kier molecular flexibility index (Phi) is 6.95. The molecule has 3 rings (SSSR count). The van der Waals surface area contributed by atoms with Crippen LogP contribution in [0.15, 0.2) is 42.9 Å². The fourth-order valence-corrected chi connectivity index (χ4v) is 2.79. The largest absolute Gasteiger partial charge is 0.383 e. The van der Waals surface area contributed by atoms with Crippen molar-refractivity contribution in [3.8, 4) is 17.3 Å². The fourth-order valence-electron chi connectivity index (χ4n) is 2.59. The van der Waals surface area contributed by atoms with Gasteiger partial charge in [-0.1, -0.05) is 23.7 Å². The van der Waals surface area contributed by atoms with Gasteiger partial charge < -0.3 is 15.4 Å². The van der Waals surface area contributed by atoms with Crippen molar-refractivity contribution in [1.82, 2.24) is 25.1 Å². The predicted octanol–water partition coefficient (Wildman–Crippen LogP) is 3.03. The third kappa shape index (κ3) is 5.31. The Hall–Kier alpha value is -3.48. The average Bonchev–Trinajstić information content (AvgIpc) is 3.20. The Morgan fingerprint density at radius 2 is 2.10 bits per heavy atom. The van der Waals surface area contributed by atoms with E-state index in [-0.39, 0.29) is 5.91 Å². The lowest BCUT2D eigenvalue weighted by molar-refractivity contribution is 0.0948. The normalized spacial score (nSPS) is 11.5. The molecular formula is C20H20ClN7O2. The predicted molar refractivity (Wildman–Crippen MR) is 112 cm³/mol. The van der Waals surface area contributed by atoms with Crippen LogP contribution < -0.4 is 10.6 Å². The fraction of sp³-hybridized carbons (Fsp3) is 0.250. The highest BCUT2D eigenvalue weighted by atomic mass is 35.5. The minimum atomic E-state index is -0.569. The lowest BCUT2D eigenvalue weighted by Crippen LogP contribution is -2.31. The average molecular weight is 426 g/mol. The summed E-state index contributed by atoms with van der Waals surface area (Å²) >= 11 is 6.29. The summed E-state index contributed by atoms with van der Waals surface area (Å²) < 4.78 is 6.79. The van der Waals surface area contributed by atoms with Gasteiger partial charge in [0.15, 0.2) is 0 Å². The topological polar surface area (TPSA) is 118 Å². The smallest absolute Gasteiger partial charge is 0.252 e. The Labute approximate surface area is 178 Å². The van der Waals surface area contributed by atoms with Gasteiger partial charge in [-0.15, -0.1) is 0 Å². The molecule has 2 N–H and O–H groups in total. The molecule has 0 saturated carbocycles. The first-order valence-electron chi connectivity index (χ1n) is 9.12. The van der Waals surface area contributed by atoms with Gasteiger partial charge in [-0.2, -0.15) is 10.4 Å². The first-order valence-corrected chi connectivity index (χ1v) is 9.50. The van der Waals surface area contributed by atoms with Gasteiger partial charge in [0.05, 0.1) is 48.0 Å². The highest BCUT2D eigenvalue weighted by Crippen LogP contribution is 2.27. The molecule has 3 aromatic rings. The summed E-state index contributed by atoms with van der Waals surface area (Å²) in [6, 6.07) is 8.19. The number of carbonyl (C=O) groups is 1. The number of halogens is 1. The van der Waals surface area contributed by atoms with E-state index in [1.54, 1.807) is 49.2 Å². The van der Waals surface area contributed by atoms with Crippen molar-refractivity contribution in [2.75, 3.05) is 19.0 Å². The number of nitrogens with zero attached hydrogens (tertiary/aromatic N) is 5. The third-order valence-electron chi connectivity index (χ3n) is 4.12. The monoisotopic (exact) mass is 425 g/mol. The molecule has 1 amide bonds. The number of rotatable bonds is 8. The van der Waals surface area contributed by atoms with Crippen LogP contribution in [0.3, 0.4) is 0 Å². The van der Waals surface area contributed by atoms with Crippen LogP contribution in [0.1, 0.15) is 17.3 Å². The molecule has 0 spiro atoms. The van der Waals surface area contributed by atoms with Gasteiger partial charge >= 0.3 is 0 Å². The van der Waals surface area contributed by atoms with Gasteiger partial charge in [0, 0.05) is 24.4 Å². The van der Waals surface area contributed by atoms with Crippen LogP contribution in [-0.4, -0.2) is 45.4 Å². The van der Waals surface area contributed by atoms with E-state index in [9.17, 15) is 4.79 Å². The van der Waals surface area contributed by atoms with E-state index in [1.807, 2.05) is 12.3 Å². The molecule has 30 heavy (non-hydrogen) atoms. The summed E-state index contributed by atoms with van der Waals surface area (Å²) in [5.74, 6) is 0.0441. The Morgan fingerprint density at radius 3 is 2.80 bits per heavy atom. The second kappa shape index (κ2) is 9.82. The van der Waals surface area contributed by atoms with Gasteiger partial charge in [0.25, 0.3) is 5.91 Å². The number of carbonyl (C=O) groups excluding carboxylic acids is 1. The molecule has 9 nitrogen and oxygen atoms in total. The standard InChI is InChI=1S/C20H20ClN7O2/c1-13(9-22)25-19(29)15-5-3-14(4-6-15)18-17(21)11-23-20(27-18)26-16-10-24-28(12-16)7-8-30-2/h3-6,10-13H,7-8H2,1-2H3,(H,25,29)(H,23,26,27). The van der Waals surface area contributed by atoms with Crippen LogP contribution in [0.5, 0.6) is 0 Å². The van der Waals surface area contributed by atoms with Crippen LogP contribution in [-0.2, 0) is 11.3 Å². The number of aromatic nitrogens is 4. The van der Waals surface area contributed by atoms with Crippen LogP contribution in [0, 0.1) is 11.3 Å². The second-order valence-corrected chi connectivity index (χ2v) is 6.81. The van der Waals surface area contributed by atoms with Crippen molar-refractivity contribution in [2.24, 2.45) is 0 Å².